The Kier molecular flexibility index (Phi) is 8.38. The molecule has 14 heteroatoms. The van der Waals surface area contributed by atoms with Crippen molar-refractivity contribution in [2.75, 3.05) is 33.7 Å². The summed E-state index contributed by atoms with van der Waals surface area (Å²) in [7, 11) is 5.42. The summed E-state index contributed by atoms with van der Waals surface area (Å²) in [5.74, 6) is -3.06. The normalized spacial score (nSPS) is 20.7. The topological polar surface area (TPSA) is 99.0 Å². The molecule has 2 amide bonds. The van der Waals surface area contributed by atoms with Crippen molar-refractivity contribution in [2.24, 2.45) is 7.05 Å². The van der Waals surface area contributed by atoms with E-state index in [1.165, 1.54) is 17.9 Å². The Morgan fingerprint density at radius 3 is 2.36 bits per heavy atom. The van der Waals surface area contributed by atoms with Crippen molar-refractivity contribution in [1.82, 2.24) is 24.5 Å². The van der Waals surface area contributed by atoms with Gasteiger partial charge in [0.05, 0.1) is 17.6 Å². The largest absolute Gasteiger partial charge is 0.490 e. The predicted octanol–water partition coefficient (Wildman–Crippen LogP) is 1.76. The number of carboxylic acids is 1. The fraction of sp³-hybridized carbons (Fsp3) is 0.684. The van der Waals surface area contributed by atoms with Crippen molar-refractivity contribution in [3.05, 3.63) is 17.5 Å². The van der Waals surface area contributed by atoms with E-state index in [4.69, 9.17) is 9.90 Å². The van der Waals surface area contributed by atoms with Crippen LogP contribution >= 0.6 is 0 Å². The van der Waals surface area contributed by atoms with Gasteiger partial charge in [-0.05, 0) is 26.9 Å². The standard InChI is InChI=1S/C17H25F2N5O2.C2HF3O2/c1-21(2)8-9-23-13-6-7-24(12(13)4-5-14(23)25)17(26)11-10-22(3)20-15(11)16(18)19;3-2(4,5)1(6)7/h10,12-13,16H,4-9H2,1-3H3;(H,6,7)/t12-,13-;/m1./s1. The van der Waals surface area contributed by atoms with E-state index in [-0.39, 0.29) is 23.6 Å². The van der Waals surface area contributed by atoms with Gasteiger partial charge in [-0.25, -0.2) is 13.6 Å². The van der Waals surface area contributed by atoms with Crippen LogP contribution in [0.5, 0.6) is 0 Å². The average Bonchev–Trinajstić information content (AvgIpc) is 3.30. The summed E-state index contributed by atoms with van der Waals surface area (Å²) in [5.41, 5.74) is -0.516. The van der Waals surface area contributed by atoms with Gasteiger partial charge in [0.2, 0.25) is 5.91 Å². The molecule has 3 rings (SSSR count). The Hall–Kier alpha value is -2.77. The molecular formula is C19H26F5N5O4. The van der Waals surface area contributed by atoms with Crippen molar-refractivity contribution < 1.29 is 41.4 Å². The zero-order valence-corrected chi connectivity index (χ0v) is 18.3. The minimum atomic E-state index is -5.08. The van der Waals surface area contributed by atoms with Crippen LogP contribution in [-0.4, -0.2) is 99.4 Å². The summed E-state index contributed by atoms with van der Waals surface area (Å²) in [6, 6.07) is -0.153. The molecule has 2 saturated heterocycles. The first-order chi connectivity index (χ1) is 15.2. The lowest BCUT2D eigenvalue weighted by atomic mass is 9.96. The number of rotatable bonds is 5. The van der Waals surface area contributed by atoms with E-state index >= 15 is 0 Å². The van der Waals surface area contributed by atoms with Gasteiger partial charge in [-0.1, -0.05) is 0 Å². The number of alkyl halides is 5. The maximum Gasteiger partial charge on any atom is 0.490 e. The first kappa shape index (κ1) is 26.5. The lowest BCUT2D eigenvalue weighted by Crippen LogP contribution is -2.54. The van der Waals surface area contributed by atoms with Crippen LogP contribution in [0.3, 0.4) is 0 Å². The van der Waals surface area contributed by atoms with E-state index in [1.807, 2.05) is 23.9 Å². The van der Waals surface area contributed by atoms with Gasteiger partial charge >= 0.3 is 12.1 Å². The number of carbonyl (C=O) groups excluding carboxylic acids is 2. The first-order valence-corrected chi connectivity index (χ1v) is 10.1. The van der Waals surface area contributed by atoms with Gasteiger partial charge in [0.1, 0.15) is 5.69 Å². The minimum Gasteiger partial charge on any atom is -0.475 e. The van der Waals surface area contributed by atoms with Gasteiger partial charge in [-0.15, -0.1) is 0 Å². The Bertz CT molecular complexity index is 873. The van der Waals surface area contributed by atoms with Gasteiger partial charge in [0, 0.05) is 39.3 Å². The average molecular weight is 483 g/mol. The SMILES string of the molecule is CN(C)CCN1C(=O)CC[C@@H]2[C@H]1CCN2C(=O)c1cn(C)nc1C(F)F.O=C(O)C(F)(F)F. The number of hydrogen-bond donors (Lipinski definition) is 1. The Labute approximate surface area is 186 Å². The highest BCUT2D eigenvalue weighted by Crippen LogP contribution is 2.33. The monoisotopic (exact) mass is 483 g/mol. The van der Waals surface area contributed by atoms with E-state index in [9.17, 15) is 31.5 Å². The maximum atomic E-state index is 13.2. The summed E-state index contributed by atoms with van der Waals surface area (Å²) in [6.07, 6.45) is -4.88. The predicted molar refractivity (Wildman–Crippen MR) is 105 cm³/mol. The number of carbonyl (C=O) groups is 3. The maximum absolute atomic E-state index is 13.2. The Morgan fingerprint density at radius 2 is 1.85 bits per heavy atom. The highest BCUT2D eigenvalue weighted by Gasteiger charge is 2.45. The van der Waals surface area contributed by atoms with Crippen molar-refractivity contribution in [1.29, 1.82) is 0 Å². The Balaban J connectivity index is 0.000000479. The van der Waals surface area contributed by atoms with Crippen LogP contribution in [0.2, 0.25) is 0 Å². The summed E-state index contributed by atoms with van der Waals surface area (Å²) in [5, 5.41) is 10.9. The number of fused-ring (bicyclic) bond motifs is 1. The van der Waals surface area contributed by atoms with Crippen molar-refractivity contribution in [3.63, 3.8) is 0 Å². The van der Waals surface area contributed by atoms with Crippen LogP contribution in [0.1, 0.15) is 41.7 Å². The van der Waals surface area contributed by atoms with Crippen molar-refractivity contribution >= 4 is 17.8 Å². The molecule has 2 fully saturated rings. The highest BCUT2D eigenvalue weighted by molar-refractivity contribution is 5.96. The molecule has 0 aromatic carbocycles. The second-order valence-electron chi connectivity index (χ2n) is 8.06. The molecule has 2 aliphatic heterocycles. The molecule has 33 heavy (non-hydrogen) atoms. The molecule has 9 nitrogen and oxygen atoms in total. The van der Waals surface area contributed by atoms with E-state index in [1.54, 1.807) is 4.90 Å². The third kappa shape index (κ3) is 6.39. The number of piperidine rings is 1. The molecule has 1 N–H and O–H groups in total. The number of aromatic nitrogens is 2. The zero-order chi connectivity index (χ0) is 25.1. The quantitative estimate of drug-likeness (QED) is 0.641. The van der Waals surface area contributed by atoms with Gasteiger partial charge in [-0.2, -0.15) is 18.3 Å². The third-order valence-electron chi connectivity index (χ3n) is 5.47. The van der Waals surface area contributed by atoms with Crippen LogP contribution < -0.4 is 0 Å². The summed E-state index contributed by atoms with van der Waals surface area (Å²) in [4.78, 5) is 39.7. The second kappa shape index (κ2) is 10.4. The molecule has 0 bridgehead atoms. The molecule has 0 spiro atoms. The number of aliphatic carboxylic acids is 1. The highest BCUT2D eigenvalue weighted by atomic mass is 19.4. The van der Waals surface area contributed by atoms with E-state index in [0.29, 0.717) is 32.4 Å². The number of carboxylic acid groups (broad SMARTS) is 1. The summed E-state index contributed by atoms with van der Waals surface area (Å²) in [6.45, 7) is 1.84. The molecule has 186 valence electrons. The number of amides is 2. The summed E-state index contributed by atoms with van der Waals surface area (Å²) >= 11 is 0. The van der Waals surface area contributed by atoms with Crippen molar-refractivity contribution in [2.45, 2.75) is 43.9 Å². The fourth-order valence-corrected chi connectivity index (χ4v) is 3.99. The van der Waals surface area contributed by atoms with Gasteiger partial charge in [-0.3, -0.25) is 14.3 Å². The Morgan fingerprint density at radius 1 is 1.24 bits per heavy atom. The smallest absolute Gasteiger partial charge is 0.475 e. The summed E-state index contributed by atoms with van der Waals surface area (Å²) < 4.78 is 59.4. The lowest BCUT2D eigenvalue weighted by Gasteiger charge is -2.40. The molecule has 3 heterocycles. The van der Waals surface area contributed by atoms with Crippen LogP contribution in [0.4, 0.5) is 22.0 Å². The molecule has 2 atom stereocenters. The minimum absolute atomic E-state index is 0.0354. The molecule has 0 aliphatic carbocycles. The number of halogens is 5. The number of likely N-dealkylation sites (tertiary alicyclic amines) is 2. The van der Waals surface area contributed by atoms with Gasteiger partial charge < -0.3 is 19.8 Å². The van der Waals surface area contributed by atoms with Gasteiger partial charge in [0.15, 0.2) is 0 Å². The molecule has 2 aliphatic rings. The number of aryl methyl sites for hydroxylation is 1. The van der Waals surface area contributed by atoms with Crippen LogP contribution in [0, 0.1) is 0 Å². The number of likely N-dealkylation sites (N-methyl/N-ethyl adjacent to an activating group) is 1. The molecule has 0 unspecified atom stereocenters. The molecular weight excluding hydrogens is 457 g/mol. The lowest BCUT2D eigenvalue weighted by molar-refractivity contribution is -0.192. The second-order valence-corrected chi connectivity index (χ2v) is 8.06. The van der Waals surface area contributed by atoms with E-state index < -0.39 is 30.2 Å². The molecule has 0 saturated carbocycles. The zero-order valence-electron chi connectivity index (χ0n) is 18.3. The van der Waals surface area contributed by atoms with Crippen LogP contribution in [0.15, 0.2) is 6.20 Å². The van der Waals surface area contributed by atoms with Crippen molar-refractivity contribution in [3.8, 4) is 0 Å². The number of nitrogens with zero attached hydrogens (tertiary/aromatic N) is 5. The third-order valence-corrected chi connectivity index (χ3v) is 5.47. The molecule has 1 aromatic rings. The number of hydrogen-bond acceptors (Lipinski definition) is 5. The first-order valence-electron chi connectivity index (χ1n) is 10.1. The van der Waals surface area contributed by atoms with Gasteiger partial charge in [0.25, 0.3) is 12.3 Å². The molecule has 0 radical (unpaired) electrons. The van der Waals surface area contributed by atoms with E-state index in [2.05, 4.69) is 5.10 Å². The molecule has 1 aromatic heterocycles. The fourth-order valence-electron chi connectivity index (χ4n) is 3.99. The van der Waals surface area contributed by atoms with E-state index in [0.717, 1.165) is 6.54 Å². The van der Waals surface area contributed by atoms with Crippen LogP contribution in [0.25, 0.3) is 0 Å². The van der Waals surface area contributed by atoms with Crippen LogP contribution in [-0.2, 0) is 16.6 Å².